The second-order valence-corrected chi connectivity index (χ2v) is 6.75. The van der Waals surface area contributed by atoms with Gasteiger partial charge in [0.1, 0.15) is 5.25 Å². The lowest BCUT2D eigenvalue weighted by Crippen LogP contribution is -2.09. The molecule has 1 fully saturated rings. The maximum Gasteiger partial charge on any atom is 0.319 e. The number of nitrogens with zero attached hydrogens (tertiary/aromatic N) is 1. The summed E-state index contributed by atoms with van der Waals surface area (Å²) in [6.07, 6.45) is 0.728. The fourth-order valence-electron chi connectivity index (χ4n) is 2.75. The van der Waals surface area contributed by atoms with Gasteiger partial charge < -0.3 is 9.72 Å². The Balaban J connectivity index is 1.75. The van der Waals surface area contributed by atoms with Gasteiger partial charge in [-0.3, -0.25) is 4.79 Å². The number of rotatable bonds is 4. The number of thioether (sulfide) groups is 1. The summed E-state index contributed by atoms with van der Waals surface area (Å²) in [6, 6.07) is 20.2. The van der Waals surface area contributed by atoms with Crippen LogP contribution in [-0.2, 0) is 9.53 Å². The SMILES string of the molecule is O=C1OCCC1Sc1nc(-c2ccccc2)c(-c2ccccc2)[nH]1. The van der Waals surface area contributed by atoms with Crippen LogP contribution in [0.5, 0.6) is 0 Å². The van der Waals surface area contributed by atoms with E-state index in [2.05, 4.69) is 17.1 Å². The van der Waals surface area contributed by atoms with Crippen LogP contribution in [-0.4, -0.2) is 27.8 Å². The van der Waals surface area contributed by atoms with Crippen molar-refractivity contribution in [3.05, 3.63) is 60.7 Å². The molecule has 1 aliphatic rings. The van der Waals surface area contributed by atoms with E-state index in [0.29, 0.717) is 6.61 Å². The van der Waals surface area contributed by atoms with Crippen LogP contribution in [0.3, 0.4) is 0 Å². The number of aromatic nitrogens is 2. The van der Waals surface area contributed by atoms with E-state index in [1.54, 1.807) is 0 Å². The van der Waals surface area contributed by atoms with Crippen LogP contribution >= 0.6 is 11.8 Å². The third kappa shape index (κ3) is 2.95. The highest BCUT2D eigenvalue weighted by molar-refractivity contribution is 8.00. The number of benzene rings is 2. The molecule has 2 aromatic carbocycles. The Hall–Kier alpha value is -2.53. The Morgan fingerprint density at radius 1 is 1.00 bits per heavy atom. The summed E-state index contributed by atoms with van der Waals surface area (Å²) in [4.78, 5) is 19.9. The molecule has 0 aliphatic carbocycles. The molecule has 24 heavy (non-hydrogen) atoms. The summed E-state index contributed by atoms with van der Waals surface area (Å²) in [5, 5.41) is 0.569. The van der Waals surface area contributed by atoms with Crippen molar-refractivity contribution in [1.82, 2.24) is 9.97 Å². The highest BCUT2D eigenvalue weighted by Crippen LogP contribution is 2.35. The zero-order valence-corrected chi connectivity index (χ0v) is 13.8. The first kappa shape index (κ1) is 15.0. The van der Waals surface area contributed by atoms with E-state index in [1.165, 1.54) is 11.8 Å². The van der Waals surface area contributed by atoms with E-state index in [9.17, 15) is 4.79 Å². The fraction of sp³-hybridized carbons (Fsp3) is 0.158. The van der Waals surface area contributed by atoms with E-state index < -0.39 is 0 Å². The van der Waals surface area contributed by atoms with Crippen molar-refractivity contribution in [3.8, 4) is 22.5 Å². The van der Waals surface area contributed by atoms with Gasteiger partial charge in [-0.05, 0) is 0 Å². The third-order valence-electron chi connectivity index (χ3n) is 3.93. The quantitative estimate of drug-likeness (QED) is 0.727. The molecule has 3 aromatic rings. The summed E-state index contributed by atoms with van der Waals surface area (Å²) in [5.41, 5.74) is 3.99. The van der Waals surface area contributed by atoms with Crippen LogP contribution < -0.4 is 0 Å². The van der Waals surface area contributed by atoms with E-state index in [1.807, 2.05) is 48.5 Å². The Labute approximate surface area is 144 Å². The van der Waals surface area contributed by atoms with E-state index in [0.717, 1.165) is 34.1 Å². The zero-order valence-electron chi connectivity index (χ0n) is 12.9. The minimum Gasteiger partial charge on any atom is -0.465 e. The van der Waals surface area contributed by atoms with Gasteiger partial charge in [0.15, 0.2) is 5.16 Å². The van der Waals surface area contributed by atoms with Gasteiger partial charge >= 0.3 is 5.97 Å². The number of aromatic amines is 1. The predicted molar refractivity (Wildman–Crippen MR) is 94.7 cm³/mol. The zero-order chi connectivity index (χ0) is 16.4. The van der Waals surface area contributed by atoms with E-state index >= 15 is 0 Å². The fourth-order valence-corrected chi connectivity index (χ4v) is 3.70. The van der Waals surface area contributed by atoms with Crippen molar-refractivity contribution < 1.29 is 9.53 Å². The van der Waals surface area contributed by atoms with Crippen molar-refractivity contribution in [3.63, 3.8) is 0 Å². The summed E-state index contributed by atoms with van der Waals surface area (Å²) in [6.45, 7) is 0.494. The van der Waals surface area contributed by atoms with Gasteiger partial charge in [0.25, 0.3) is 0 Å². The van der Waals surface area contributed by atoms with E-state index in [4.69, 9.17) is 9.72 Å². The molecule has 1 atom stereocenters. The highest BCUT2D eigenvalue weighted by atomic mass is 32.2. The molecule has 0 spiro atoms. The third-order valence-corrected chi connectivity index (χ3v) is 5.06. The van der Waals surface area contributed by atoms with Crippen molar-refractivity contribution in [2.24, 2.45) is 0 Å². The van der Waals surface area contributed by atoms with Gasteiger partial charge in [0, 0.05) is 17.5 Å². The molecule has 1 aromatic heterocycles. The van der Waals surface area contributed by atoms with Crippen molar-refractivity contribution >= 4 is 17.7 Å². The second kappa shape index (κ2) is 6.53. The largest absolute Gasteiger partial charge is 0.465 e. The van der Waals surface area contributed by atoms with Gasteiger partial charge in [0.2, 0.25) is 0 Å². The van der Waals surface area contributed by atoms with Gasteiger partial charge in [-0.1, -0.05) is 72.4 Å². The number of hydrogen-bond donors (Lipinski definition) is 1. The topological polar surface area (TPSA) is 55.0 Å². The second-order valence-electron chi connectivity index (χ2n) is 5.56. The van der Waals surface area contributed by atoms with Crippen LogP contribution in [0, 0.1) is 0 Å². The average Bonchev–Trinajstić information content (AvgIpc) is 3.24. The highest BCUT2D eigenvalue weighted by Gasteiger charge is 2.29. The molecule has 0 amide bonds. The maximum atomic E-state index is 11.7. The maximum absolute atomic E-state index is 11.7. The van der Waals surface area contributed by atoms with Gasteiger partial charge in [-0.2, -0.15) is 0 Å². The molecule has 0 radical (unpaired) electrons. The first-order chi connectivity index (χ1) is 11.8. The molecule has 4 nitrogen and oxygen atoms in total. The van der Waals surface area contributed by atoms with Crippen molar-refractivity contribution in [2.45, 2.75) is 16.8 Å². The molecule has 120 valence electrons. The number of ether oxygens (including phenoxy) is 1. The Bertz CT molecular complexity index is 789. The summed E-state index contributed by atoms with van der Waals surface area (Å²) in [5.74, 6) is -0.154. The first-order valence-corrected chi connectivity index (χ1v) is 8.73. The number of nitrogens with one attached hydrogen (secondary N) is 1. The van der Waals surface area contributed by atoms with Gasteiger partial charge in [-0.15, -0.1) is 0 Å². The molecule has 1 unspecified atom stereocenters. The molecular formula is C19H16N2O2S. The Morgan fingerprint density at radius 3 is 2.29 bits per heavy atom. The number of hydrogen-bond acceptors (Lipinski definition) is 4. The molecule has 1 saturated heterocycles. The lowest BCUT2D eigenvalue weighted by Gasteiger charge is -2.02. The number of cyclic esters (lactones) is 1. The number of H-pyrrole nitrogens is 1. The standard InChI is InChI=1S/C19H16N2O2S/c22-18-15(11-12-23-18)24-19-20-16(13-7-3-1-4-8-13)17(21-19)14-9-5-2-6-10-14/h1-10,15H,11-12H2,(H,20,21). The molecule has 0 bridgehead atoms. The first-order valence-electron chi connectivity index (χ1n) is 7.85. The normalized spacial score (nSPS) is 17.0. The number of carbonyl (C=O) groups excluding carboxylic acids is 1. The number of imidazole rings is 1. The monoisotopic (exact) mass is 336 g/mol. The van der Waals surface area contributed by atoms with Crippen LogP contribution in [0.15, 0.2) is 65.8 Å². The summed E-state index contributed by atoms with van der Waals surface area (Å²) >= 11 is 1.44. The van der Waals surface area contributed by atoms with Crippen LogP contribution in [0.2, 0.25) is 0 Å². The molecule has 4 rings (SSSR count). The smallest absolute Gasteiger partial charge is 0.319 e. The molecule has 0 saturated carbocycles. The van der Waals surface area contributed by atoms with Crippen LogP contribution in [0.1, 0.15) is 6.42 Å². The van der Waals surface area contributed by atoms with Crippen LogP contribution in [0.25, 0.3) is 22.5 Å². The van der Waals surface area contributed by atoms with Gasteiger partial charge in [-0.25, -0.2) is 4.98 Å². The van der Waals surface area contributed by atoms with Crippen LogP contribution in [0.4, 0.5) is 0 Å². The van der Waals surface area contributed by atoms with Gasteiger partial charge in [0.05, 0.1) is 18.0 Å². The average molecular weight is 336 g/mol. The molecule has 1 aliphatic heterocycles. The molecular weight excluding hydrogens is 320 g/mol. The Kier molecular flexibility index (Phi) is 4.09. The summed E-state index contributed by atoms with van der Waals surface area (Å²) in [7, 11) is 0. The van der Waals surface area contributed by atoms with Crippen molar-refractivity contribution in [1.29, 1.82) is 0 Å². The Morgan fingerprint density at radius 2 is 1.67 bits per heavy atom. The van der Waals surface area contributed by atoms with E-state index in [-0.39, 0.29) is 11.2 Å². The predicted octanol–water partition coefficient (Wildman–Crippen LogP) is 4.15. The molecule has 5 heteroatoms. The number of carbonyl (C=O) groups is 1. The lowest BCUT2D eigenvalue weighted by molar-refractivity contribution is -0.137. The van der Waals surface area contributed by atoms with Crippen molar-refractivity contribution in [2.75, 3.05) is 6.61 Å². The molecule has 1 N–H and O–H groups in total. The number of esters is 1. The molecule has 2 heterocycles. The minimum absolute atomic E-state index is 0.154. The summed E-state index contributed by atoms with van der Waals surface area (Å²) < 4.78 is 5.04. The lowest BCUT2D eigenvalue weighted by atomic mass is 10.1. The minimum atomic E-state index is -0.177.